The van der Waals surface area contributed by atoms with Gasteiger partial charge in [-0.25, -0.2) is 4.68 Å². The highest BCUT2D eigenvalue weighted by atomic mass is 16.2. The van der Waals surface area contributed by atoms with E-state index in [1.165, 1.54) is 11.8 Å². The zero-order valence-electron chi connectivity index (χ0n) is 14.8. The van der Waals surface area contributed by atoms with Crippen LogP contribution in [0.25, 0.3) is 0 Å². The molecule has 0 fully saturated rings. The van der Waals surface area contributed by atoms with Crippen molar-refractivity contribution < 1.29 is 4.79 Å². The maximum absolute atomic E-state index is 12.9. The number of nitrogens with zero attached hydrogens (tertiary/aromatic N) is 4. The molecule has 1 aromatic heterocycles. The number of hydrogen-bond acceptors (Lipinski definition) is 3. The molecule has 1 amide bonds. The molecular weight excluding hydrogens is 312 g/mol. The van der Waals surface area contributed by atoms with Crippen LogP contribution in [0.15, 0.2) is 60.8 Å². The van der Waals surface area contributed by atoms with Gasteiger partial charge in [0, 0.05) is 12.7 Å². The summed E-state index contributed by atoms with van der Waals surface area (Å²) in [6.45, 7) is 4.82. The van der Waals surface area contributed by atoms with Crippen LogP contribution in [0.4, 0.5) is 5.69 Å². The summed E-state index contributed by atoms with van der Waals surface area (Å²) in [6, 6.07) is 18.0. The van der Waals surface area contributed by atoms with E-state index in [1.807, 2.05) is 42.5 Å². The van der Waals surface area contributed by atoms with Gasteiger partial charge in [0.05, 0.1) is 12.7 Å². The average molecular weight is 334 g/mol. The number of hydrogen-bond donors (Lipinski definition) is 0. The third-order valence-electron chi connectivity index (χ3n) is 4.26. The van der Waals surface area contributed by atoms with E-state index >= 15 is 0 Å². The van der Waals surface area contributed by atoms with Crippen LogP contribution in [0.5, 0.6) is 0 Å². The van der Waals surface area contributed by atoms with Crippen molar-refractivity contribution >= 4 is 11.6 Å². The monoisotopic (exact) mass is 334 g/mol. The molecule has 5 nitrogen and oxygen atoms in total. The van der Waals surface area contributed by atoms with Gasteiger partial charge in [0.15, 0.2) is 0 Å². The Morgan fingerprint density at radius 3 is 2.40 bits per heavy atom. The molecule has 0 spiro atoms. The highest BCUT2D eigenvalue weighted by Gasteiger charge is 2.19. The predicted octanol–water partition coefficient (Wildman–Crippen LogP) is 3.73. The van der Waals surface area contributed by atoms with E-state index in [9.17, 15) is 4.79 Å². The molecule has 0 aliphatic rings. The summed E-state index contributed by atoms with van der Waals surface area (Å²) in [5.74, 6) is 0.338. The van der Waals surface area contributed by atoms with Crippen molar-refractivity contribution in [1.29, 1.82) is 0 Å². The zero-order chi connectivity index (χ0) is 17.8. The van der Waals surface area contributed by atoms with E-state index in [0.29, 0.717) is 18.2 Å². The van der Waals surface area contributed by atoms with Gasteiger partial charge in [-0.15, -0.1) is 5.10 Å². The third-order valence-corrected chi connectivity index (χ3v) is 4.26. The largest absolute Gasteiger partial charge is 0.310 e. The van der Waals surface area contributed by atoms with Crippen LogP contribution in [-0.4, -0.2) is 27.9 Å². The molecule has 0 bridgehead atoms. The molecule has 0 aliphatic carbocycles. The summed E-state index contributed by atoms with van der Waals surface area (Å²) >= 11 is 0. The molecule has 0 aliphatic heterocycles. The molecule has 3 rings (SSSR count). The van der Waals surface area contributed by atoms with Gasteiger partial charge in [-0.05, 0) is 29.2 Å². The SMILES string of the molecule is CC(C)c1ccc(N(C)C(=O)c2cnnn2Cc2ccccc2)cc1. The topological polar surface area (TPSA) is 51.0 Å². The van der Waals surface area contributed by atoms with Crippen LogP contribution < -0.4 is 4.90 Å². The number of benzene rings is 2. The Morgan fingerprint density at radius 1 is 1.08 bits per heavy atom. The maximum Gasteiger partial charge on any atom is 0.277 e. The third kappa shape index (κ3) is 3.76. The first-order chi connectivity index (χ1) is 12.1. The minimum atomic E-state index is -0.127. The van der Waals surface area contributed by atoms with Crippen LogP contribution in [0.1, 0.15) is 41.4 Å². The van der Waals surface area contributed by atoms with E-state index in [-0.39, 0.29) is 5.91 Å². The van der Waals surface area contributed by atoms with Crippen molar-refractivity contribution in [2.24, 2.45) is 0 Å². The van der Waals surface area contributed by atoms with Gasteiger partial charge < -0.3 is 4.90 Å². The van der Waals surface area contributed by atoms with E-state index in [1.54, 1.807) is 16.6 Å². The lowest BCUT2D eigenvalue weighted by Gasteiger charge is -2.18. The Bertz CT molecular complexity index is 838. The summed E-state index contributed by atoms with van der Waals surface area (Å²) in [4.78, 5) is 14.5. The molecule has 1 heterocycles. The Kier molecular flexibility index (Phi) is 4.93. The second-order valence-electron chi connectivity index (χ2n) is 6.37. The van der Waals surface area contributed by atoms with Crippen molar-refractivity contribution in [3.8, 4) is 0 Å². The van der Waals surface area contributed by atoms with Crippen LogP contribution in [0.3, 0.4) is 0 Å². The Morgan fingerprint density at radius 2 is 1.76 bits per heavy atom. The molecule has 128 valence electrons. The molecule has 0 saturated heterocycles. The minimum absolute atomic E-state index is 0.127. The molecular formula is C20H22N4O. The van der Waals surface area contributed by atoms with Crippen molar-refractivity contribution in [2.75, 3.05) is 11.9 Å². The van der Waals surface area contributed by atoms with Crippen molar-refractivity contribution in [3.05, 3.63) is 77.6 Å². The summed E-state index contributed by atoms with van der Waals surface area (Å²) in [7, 11) is 1.77. The zero-order valence-corrected chi connectivity index (χ0v) is 14.8. The lowest BCUT2D eigenvalue weighted by molar-refractivity contribution is 0.0983. The molecule has 0 saturated carbocycles. The van der Waals surface area contributed by atoms with Gasteiger partial charge in [0.25, 0.3) is 5.91 Å². The van der Waals surface area contributed by atoms with Gasteiger partial charge >= 0.3 is 0 Å². The molecule has 25 heavy (non-hydrogen) atoms. The van der Waals surface area contributed by atoms with Crippen LogP contribution in [0.2, 0.25) is 0 Å². The molecule has 0 atom stereocenters. The van der Waals surface area contributed by atoms with Crippen LogP contribution >= 0.6 is 0 Å². The molecule has 0 radical (unpaired) electrons. The van der Waals surface area contributed by atoms with E-state index < -0.39 is 0 Å². The van der Waals surface area contributed by atoms with Gasteiger partial charge in [0.2, 0.25) is 0 Å². The number of anilines is 1. The Labute approximate surface area is 147 Å². The number of carbonyl (C=O) groups is 1. The fourth-order valence-electron chi connectivity index (χ4n) is 2.67. The summed E-state index contributed by atoms with van der Waals surface area (Å²) in [5, 5.41) is 7.98. The Hall–Kier alpha value is -2.95. The average Bonchev–Trinajstić information content (AvgIpc) is 3.09. The normalized spacial score (nSPS) is 10.9. The first kappa shape index (κ1) is 16.9. The number of amides is 1. The summed E-state index contributed by atoms with van der Waals surface area (Å²) in [5.41, 5.74) is 3.65. The van der Waals surface area contributed by atoms with E-state index in [4.69, 9.17) is 0 Å². The van der Waals surface area contributed by atoms with Crippen LogP contribution in [0, 0.1) is 0 Å². The fourth-order valence-corrected chi connectivity index (χ4v) is 2.67. The van der Waals surface area contributed by atoms with Gasteiger partial charge in [-0.2, -0.15) is 0 Å². The first-order valence-electron chi connectivity index (χ1n) is 8.36. The lowest BCUT2D eigenvalue weighted by Crippen LogP contribution is -2.28. The van der Waals surface area contributed by atoms with Crippen molar-refractivity contribution in [2.45, 2.75) is 26.3 Å². The second-order valence-corrected chi connectivity index (χ2v) is 6.37. The summed E-state index contributed by atoms with van der Waals surface area (Å²) in [6.07, 6.45) is 1.52. The first-order valence-corrected chi connectivity index (χ1v) is 8.36. The van der Waals surface area contributed by atoms with E-state index in [0.717, 1.165) is 11.3 Å². The number of carbonyl (C=O) groups excluding carboxylic acids is 1. The van der Waals surface area contributed by atoms with E-state index in [2.05, 4.69) is 36.3 Å². The molecule has 5 heteroatoms. The van der Waals surface area contributed by atoms with Crippen molar-refractivity contribution in [3.63, 3.8) is 0 Å². The smallest absolute Gasteiger partial charge is 0.277 e. The standard InChI is InChI=1S/C20H22N4O/c1-15(2)17-9-11-18(12-10-17)23(3)20(25)19-13-21-22-24(19)14-16-7-5-4-6-8-16/h4-13,15H,14H2,1-3H3. The molecule has 2 aromatic carbocycles. The molecule has 0 unspecified atom stereocenters. The Balaban J connectivity index is 1.80. The molecule has 0 N–H and O–H groups in total. The van der Waals surface area contributed by atoms with Gasteiger partial charge in [-0.3, -0.25) is 4.79 Å². The van der Waals surface area contributed by atoms with Crippen LogP contribution in [-0.2, 0) is 6.54 Å². The van der Waals surface area contributed by atoms with Crippen molar-refractivity contribution in [1.82, 2.24) is 15.0 Å². The molecule has 3 aromatic rings. The number of rotatable bonds is 5. The summed E-state index contributed by atoms with van der Waals surface area (Å²) < 4.78 is 1.64. The fraction of sp³-hybridized carbons (Fsp3) is 0.250. The second kappa shape index (κ2) is 7.30. The number of aromatic nitrogens is 3. The highest BCUT2D eigenvalue weighted by molar-refractivity contribution is 6.04. The lowest BCUT2D eigenvalue weighted by atomic mass is 10.0. The quantitative estimate of drug-likeness (QED) is 0.714. The van der Waals surface area contributed by atoms with Gasteiger partial charge in [0.1, 0.15) is 5.69 Å². The van der Waals surface area contributed by atoms with Gasteiger partial charge in [-0.1, -0.05) is 61.5 Å². The minimum Gasteiger partial charge on any atom is -0.310 e. The highest BCUT2D eigenvalue weighted by Crippen LogP contribution is 2.20. The predicted molar refractivity (Wildman–Crippen MR) is 98.8 cm³/mol. The maximum atomic E-state index is 12.9.